The number of nitriles is 2. The second-order valence-electron chi connectivity index (χ2n) is 12.8. The topological polar surface area (TPSA) is 76.6 Å². The smallest absolute Gasteiger partial charge is 0.101 e. The maximum Gasteiger partial charge on any atom is 0.101 e. The normalized spacial score (nSPS) is 12.9. The van der Waals surface area contributed by atoms with Crippen molar-refractivity contribution in [2.24, 2.45) is 0 Å². The molecule has 0 fully saturated rings. The summed E-state index contributed by atoms with van der Waals surface area (Å²) < 4.78 is 0. The molecular formula is C44H21N5S2. The van der Waals surface area contributed by atoms with Gasteiger partial charge in [0, 0.05) is 36.1 Å². The molecule has 7 heteroatoms. The summed E-state index contributed by atoms with van der Waals surface area (Å²) in [7, 11) is 0. The summed E-state index contributed by atoms with van der Waals surface area (Å²) >= 11 is 3.70. The summed E-state index contributed by atoms with van der Waals surface area (Å²) in [6.07, 6.45) is 0. The fraction of sp³-hybridized carbons (Fsp3) is 0. The van der Waals surface area contributed by atoms with Gasteiger partial charge >= 0.3 is 0 Å². The predicted molar refractivity (Wildman–Crippen MR) is 205 cm³/mol. The highest BCUT2D eigenvalue weighted by Crippen LogP contribution is 2.60. The van der Waals surface area contributed by atoms with E-state index in [9.17, 15) is 10.5 Å². The van der Waals surface area contributed by atoms with Gasteiger partial charge in [0.1, 0.15) is 12.1 Å². The SMILES string of the molecule is N#Cc1cc2nc3c(nc2cc1C#N)-c1ccc(-c2ccc(-c4cc5c6c(c4)Sc4ccccc4N6c4ccccc4S5)cc2)c2cccc-3c12. The first-order valence-electron chi connectivity index (χ1n) is 16.5. The molecule has 0 amide bonds. The van der Waals surface area contributed by atoms with Crippen LogP contribution in [-0.2, 0) is 0 Å². The molecule has 0 bridgehead atoms. The summed E-state index contributed by atoms with van der Waals surface area (Å²) in [5.74, 6) is 0. The number of rotatable bonds is 2. The van der Waals surface area contributed by atoms with Crippen LogP contribution < -0.4 is 4.90 Å². The van der Waals surface area contributed by atoms with Gasteiger partial charge < -0.3 is 4.90 Å². The molecule has 5 nitrogen and oxygen atoms in total. The van der Waals surface area contributed by atoms with Gasteiger partial charge in [-0.1, -0.05) is 102 Å². The van der Waals surface area contributed by atoms with Crippen molar-refractivity contribution in [3.8, 4) is 56.9 Å². The Balaban J connectivity index is 1.000. The van der Waals surface area contributed by atoms with Crippen molar-refractivity contribution in [1.82, 2.24) is 9.97 Å². The monoisotopic (exact) mass is 683 g/mol. The Kier molecular flexibility index (Phi) is 5.89. The van der Waals surface area contributed by atoms with E-state index in [1.54, 1.807) is 12.1 Å². The largest absolute Gasteiger partial charge is 0.306 e. The van der Waals surface area contributed by atoms with Crippen LogP contribution in [-0.4, -0.2) is 9.97 Å². The van der Waals surface area contributed by atoms with Gasteiger partial charge in [0.15, 0.2) is 0 Å². The second-order valence-corrected chi connectivity index (χ2v) is 15.0. The lowest BCUT2D eigenvalue weighted by Crippen LogP contribution is -2.18. The van der Waals surface area contributed by atoms with Crippen molar-refractivity contribution < 1.29 is 0 Å². The van der Waals surface area contributed by atoms with Gasteiger partial charge in [0.05, 0.1) is 50.6 Å². The molecule has 1 aliphatic carbocycles. The number of hydrogen-bond acceptors (Lipinski definition) is 7. The fourth-order valence-electron chi connectivity index (χ4n) is 7.75. The van der Waals surface area contributed by atoms with Crippen molar-refractivity contribution >= 4 is 62.4 Å². The van der Waals surface area contributed by atoms with E-state index in [4.69, 9.17) is 9.97 Å². The Morgan fingerprint density at radius 2 is 1.04 bits per heavy atom. The minimum atomic E-state index is 0.309. The first-order valence-corrected chi connectivity index (χ1v) is 18.2. The highest BCUT2D eigenvalue weighted by Gasteiger charge is 2.33. The van der Waals surface area contributed by atoms with E-state index in [0.717, 1.165) is 44.4 Å². The molecule has 51 heavy (non-hydrogen) atoms. The van der Waals surface area contributed by atoms with Gasteiger partial charge in [0.2, 0.25) is 0 Å². The van der Waals surface area contributed by atoms with Gasteiger partial charge in [0.25, 0.3) is 0 Å². The molecule has 0 spiro atoms. The summed E-state index contributed by atoms with van der Waals surface area (Å²) in [5.41, 5.74) is 13.9. The molecule has 0 unspecified atom stereocenters. The number of anilines is 3. The Hall–Kier alpha value is -6.38. The average Bonchev–Trinajstić information content (AvgIpc) is 3.49. The van der Waals surface area contributed by atoms with E-state index in [0.29, 0.717) is 22.2 Å². The van der Waals surface area contributed by atoms with Crippen molar-refractivity contribution in [2.45, 2.75) is 19.6 Å². The molecule has 0 N–H and O–H groups in total. The Morgan fingerprint density at radius 1 is 0.490 bits per heavy atom. The van der Waals surface area contributed by atoms with E-state index in [2.05, 4.69) is 132 Å². The third kappa shape index (κ3) is 4.05. The lowest BCUT2D eigenvalue weighted by atomic mass is 9.93. The third-order valence-corrected chi connectivity index (χ3v) is 12.2. The van der Waals surface area contributed by atoms with Crippen molar-refractivity contribution in [1.29, 1.82) is 10.5 Å². The number of hydrogen-bond donors (Lipinski definition) is 0. The number of aromatic nitrogens is 2. The molecule has 0 saturated heterocycles. The zero-order valence-electron chi connectivity index (χ0n) is 26.7. The minimum Gasteiger partial charge on any atom is -0.306 e. The fourth-order valence-corrected chi connectivity index (χ4v) is 10.1. The third-order valence-electron chi connectivity index (χ3n) is 10.0. The van der Waals surface area contributed by atoms with Crippen LogP contribution in [0.25, 0.3) is 66.6 Å². The van der Waals surface area contributed by atoms with Crippen molar-refractivity contribution in [2.75, 3.05) is 4.90 Å². The van der Waals surface area contributed by atoms with Gasteiger partial charge in [-0.3, -0.25) is 0 Å². The molecule has 0 radical (unpaired) electrons. The number of benzene rings is 7. The van der Waals surface area contributed by atoms with Crippen LogP contribution in [0.4, 0.5) is 17.1 Å². The van der Waals surface area contributed by atoms with E-state index >= 15 is 0 Å². The highest BCUT2D eigenvalue weighted by atomic mass is 32.2. The second kappa shape index (κ2) is 10.6. The van der Waals surface area contributed by atoms with Gasteiger partial charge in [-0.25, -0.2) is 9.97 Å². The number of fused-ring (bicyclic) bond motifs is 8. The standard InChI is InChI=1S/C44H21N5S2/c45-22-27-18-33-34(19-28(27)23-46)48-43-32-17-16-29(30-6-5-7-31(41(30)32)42(43)47-33)25-14-12-24(13-15-25)26-20-39-44-40(21-26)51-38-11-4-2-9-36(38)49(44)35-8-1-3-10-37(35)50-39/h1-21H. The van der Waals surface area contributed by atoms with Gasteiger partial charge in [-0.05, 0) is 76.2 Å². The molecule has 3 heterocycles. The molecule has 234 valence electrons. The summed E-state index contributed by atoms with van der Waals surface area (Å²) in [6.45, 7) is 0. The van der Waals surface area contributed by atoms with Crippen LogP contribution in [0.15, 0.2) is 147 Å². The van der Waals surface area contributed by atoms with Crippen LogP contribution in [0.1, 0.15) is 11.1 Å². The van der Waals surface area contributed by atoms with Gasteiger partial charge in [-0.2, -0.15) is 10.5 Å². The van der Waals surface area contributed by atoms with Crippen LogP contribution in [0.3, 0.4) is 0 Å². The van der Waals surface area contributed by atoms with E-state index in [-0.39, 0.29) is 0 Å². The molecule has 0 atom stereocenters. The lowest BCUT2D eigenvalue weighted by Gasteiger charge is -2.38. The van der Waals surface area contributed by atoms with Crippen LogP contribution in [0, 0.1) is 22.7 Å². The van der Waals surface area contributed by atoms with Gasteiger partial charge in [-0.15, -0.1) is 0 Å². The molecular weight excluding hydrogens is 663 g/mol. The summed E-state index contributed by atoms with van der Waals surface area (Å²) in [5, 5.41) is 21.4. The molecule has 3 aliphatic rings. The van der Waals surface area contributed by atoms with Crippen LogP contribution in [0.5, 0.6) is 0 Å². The number of para-hydroxylation sites is 2. The maximum absolute atomic E-state index is 9.58. The molecule has 1 aromatic heterocycles. The maximum atomic E-state index is 9.58. The van der Waals surface area contributed by atoms with Crippen LogP contribution >= 0.6 is 23.5 Å². The van der Waals surface area contributed by atoms with E-state index < -0.39 is 0 Å². The molecule has 2 aliphatic heterocycles. The number of nitrogens with zero attached hydrogens (tertiary/aromatic N) is 5. The Bertz CT molecular complexity index is 2820. The highest BCUT2D eigenvalue weighted by molar-refractivity contribution is 8.00. The molecule has 7 aromatic carbocycles. The predicted octanol–water partition coefficient (Wildman–Crippen LogP) is 11.9. The first-order chi connectivity index (χ1) is 25.2. The average molecular weight is 684 g/mol. The van der Waals surface area contributed by atoms with Crippen LogP contribution in [0.2, 0.25) is 0 Å². The lowest BCUT2D eigenvalue weighted by molar-refractivity contribution is 1.09. The molecule has 8 aromatic rings. The molecule has 0 saturated carbocycles. The molecule has 11 rings (SSSR count). The first kappa shape index (κ1) is 28.5. The van der Waals surface area contributed by atoms with E-state index in [1.807, 2.05) is 23.5 Å². The zero-order valence-corrected chi connectivity index (χ0v) is 28.3. The summed E-state index contributed by atoms with van der Waals surface area (Å²) in [6, 6.07) is 49.2. The quantitative estimate of drug-likeness (QED) is 0.179. The Morgan fingerprint density at radius 3 is 1.65 bits per heavy atom. The Labute approximate surface area is 301 Å². The van der Waals surface area contributed by atoms with Crippen molar-refractivity contribution in [3.05, 3.63) is 139 Å². The summed E-state index contributed by atoms with van der Waals surface area (Å²) in [4.78, 5) is 17.4. The van der Waals surface area contributed by atoms with E-state index in [1.165, 1.54) is 47.8 Å². The van der Waals surface area contributed by atoms with Crippen molar-refractivity contribution in [3.63, 3.8) is 0 Å². The minimum absolute atomic E-state index is 0.309. The zero-order chi connectivity index (χ0) is 33.8.